The van der Waals surface area contributed by atoms with Crippen LogP contribution in [-0.4, -0.2) is 11.6 Å². The lowest BCUT2D eigenvalue weighted by molar-refractivity contribution is -0.249. The lowest BCUT2D eigenvalue weighted by atomic mass is 10.1. The zero-order valence-corrected chi connectivity index (χ0v) is 13.3. The van der Waals surface area contributed by atoms with Gasteiger partial charge in [-0.2, -0.15) is 18.1 Å². The van der Waals surface area contributed by atoms with Crippen molar-refractivity contribution in [3.63, 3.8) is 0 Å². The Labute approximate surface area is 128 Å². The Morgan fingerprint density at radius 3 is 2.43 bits per heavy atom. The first-order chi connectivity index (χ1) is 9.49. The molecule has 0 atom stereocenters. The molecular weight excluding hydrogens is 355 g/mol. The molecule has 0 unspecified atom stereocenters. The Morgan fingerprint density at radius 1 is 1.29 bits per heavy atom. The summed E-state index contributed by atoms with van der Waals surface area (Å²) in [7, 11) is 0. The van der Waals surface area contributed by atoms with Gasteiger partial charge in [-0.15, -0.1) is 0 Å². The third-order valence-electron chi connectivity index (χ3n) is 2.17. The van der Waals surface area contributed by atoms with E-state index in [0.717, 1.165) is 6.07 Å². The summed E-state index contributed by atoms with van der Waals surface area (Å²) in [5.41, 5.74) is -1.08. The van der Waals surface area contributed by atoms with E-state index < -0.39 is 23.4 Å². The molecule has 0 aliphatic rings. The quantitative estimate of drug-likeness (QED) is 0.633. The molecule has 21 heavy (non-hydrogen) atoms. The van der Waals surface area contributed by atoms with Crippen LogP contribution in [0.3, 0.4) is 0 Å². The van der Waals surface area contributed by atoms with Crippen molar-refractivity contribution in [3.05, 3.63) is 33.8 Å². The number of rotatable bonds is 3. The number of benzene rings is 1. The predicted octanol–water partition coefficient (Wildman–Crippen LogP) is 4.42. The maximum Gasteiger partial charge on any atom is 0.439 e. The van der Waals surface area contributed by atoms with Gasteiger partial charge in [-0.1, -0.05) is 22.0 Å². The Morgan fingerprint density at radius 2 is 1.90 bits per heavy atom. The Hall–Kier alpha value is -1.28. The molecule has 0 saturated heterocycles. The number of hydrogen-bond acceptors (Lipinski definition) is 3. The summed E-state index contributed by atoms with van der Waals surface area (Å²) >= 11 is 2.83. The normalized spacial score (nSPS) is 12.1. The van der Waals surface area contributed by atoms with E-state index in [9.17, 15) is 18.0 Å². The molecular formula is C13H15BrF3NO3. The van der Waals surface area contributed by atoms with Crippen LogP contribution < -0.4 is 5.32 Å². The number of nitrogens with one attached hydrogen (secondary N) is 1. The van der Waals surface area contributed by atoms with Gasteiger partial charge in [0, 0.05) is 10.0 Å². The van der Waals surface area contributed by atoms with Crippen LogP contribution in [0.2, 0.25) is 0 Å². The van der Waals surface area contributed by atoms with Crippen molar-refractivity contribution in [2.75, 3.05) is 0 Å². The van der Waals surface area contributed by atoms with Crippen molar-refractivity contribution in [3.8, 4) is 0 Å². The minimum Gasteiger partial charge on any atom is -0.315 e. The van der Waals surface area contributed by atoms with Crippen LogP contribution in [0.15, 0.2) is 22.7 Å². The van der Waals surface area contributed by atoms with Crippen molar-refractivity contribution in [2.45, 2.75) is 39.1 Å². The number of carbonyl (C=O) groups is 1. The van der Waals surface area contributed by atoms with E-state index >= 15 is 0 Å². The van der Waals surface area contributed by atoms with Gasteiger partial charge in [0.1, 0.15) is 6.61 Å². The van der Waals surface area contributed by atoms with E-state index in [0.29, 0.717) is 0 Å². The van der Waals surface area contributed by atoms with E-state index in [-0.39, 0.29) is 16.6 Å². The highest BCUT2D eigenvalue weighted by Crippen LogP contribution is 2.35. The van der Waals surface area contributed by atoms with Crippen LogP contribution in [0.5, 0.6) is 0 Å². The topological polar surface area (TPSA) is 47.6 Å². The van der Waals surface area contributed by atoms with Crippen molar-refractivity contribution in [2.24, 2.45) is 0 Å². The molecule has 1 amide bonds. The lowest BCUT2D eigenvalue weighted by Crippen LogP contribution is -2.40. The molecule has 1 aromatic rings. The highest BCUT2D eigenvalue weighted by Gasteiger charge is 2.33. The van der Waals surface area contributed by atoms with E-state index in [1.807, 2.05) is 0 Å². The van der Waals surface area contributed by atoms with Gasteiger partial charge in [-0.3, -0.25) is 4.89 Å². The highest BCUT2D eigenvalue weighted by atomic mass is 79.9. The first-order valence-electron chi connectivity index (χ1n) is 5.96. The second kappa shape index (κ2) is 6.65. The fourth-order valence-electron chi connectivity index (χ4n) is 1.36. The molecule has 0 aliphatic heterocycles. The second-order valence-electron chi connectivity index (χ2n) is 5.32. The van der Waals surface area contributed by atoms with Gasteiger partial charge in [0.2, 0.25) is 0 Å². The number of halogens is 4. The number of alkyl halides is 3. The van der Waals surface area contributed by atoms with Crippen LogP contribution in [0.1, 0.15) is 31.9 Å². The third-order valence-corrected chi connectivity index (χ3v) is 2.86. The molecule has 0 aliphatic carbocycles. The minimum atomic E-state index is -4.47. The molecule has 0 fully saturated rings. The molecule has 0 bridgehead atoms. The number of amides is 1. The molecule has 1 rings (SSSR count). The standard InChI is InChI=1S/C13H15BrF3NO3/c1-12(2,3)18-11(19)21-20-7-8-4-5-10(14)9(6-8)13(15,16)17/h4-6H,7H2,1-3H3,(H,18,19). The summed E-state index contributed by atoms with van der Waals surface area (Å²) in [6.45, 7) is 4.96. The third kappa shape index (κ3) is 6.34. The average molecular weight is 370 g/mol. The van der Waals surface area contributed by atoms with Crippen LogP contribution in [0.25, 0.3) is 0 Å². The molecule has 8 heteroatoms. The average Bonchev–Trinajstić information content (AvgIpc) is 2.27. The molecule has 0 saturated carbocycles. The Balaban J connectivity index is 2.59. The largest absolute Gasteiger partial charge is 0.439 e. The van der Waals surface area contributed by atoms with Gasteiger partial charge in [0.15, 0.2) is 0 Å². The van der Waals surface area contributed by atoms with Gasteiger partial charge in [0.05, 0.1) is 5.56 Å². The van der Waals surface area contributed by atoms with Gasteiger partial charge in [0.25, 0.3) is 0 Å². The van der Waals surface area contributed by atoms with Gasteiger partial charge < -0.3 is 5.32 Å². The number of carbonyl (C=O) groups excluding carboxylic acids is 1. The van der Waals surface area contributed by atoms with Gasteiger partial charge in [-0.25, -0.2) is 4.79 Å². The summed E-state index contributed by atoms with van der Waals surface area (Å²) in [5.74, 6) is 0. The van der Waals surface area contributed by atoms with Crippen LogP contribution >= 0.6 is 15.9 Å². The molecule has 0 heterocycles. The molecule has 4 nitrogen and oxygen atoms in total. The Kier molecular flexibility index (Phi) is 5.63. The maximum absolute atomic E-state index is 12.7. The van der Waals surface area contributed by atoms with Crippen molar-refractivity contribution in [1.29, 1.82) is 0 Å². The summed E-state index contributed by atoms with van der Waals surface area (Å²) in [6.07, 6.45) is -5.28. The molecule has 1 N–H and O–H groups in total. The van der Waals surface area contributed by atoms with E-state index in [1.54, 1.807) is 20.8 Å². The monoisotopic (exact) mass is 369 g/mol. The lowest BCUT2D eigenvalue weighted by Gasteiger charge is -2.19. The summed E-state index contributed by atoms with van der Waals surface area (Å²) in [6, 6.07) is 3.62. The van der Waals surface area contributed by atoms with Gasteiger partial charge >= 0.3 is 12.3 Å². The van der Waals surface area contributed by atoms with Crippen LogP contribution in [0.4, 0.5) is 18.0 Å². The SMILES string of the molecule is CC(C)(C)NC(=O)OOCc1ccc(Br)c(C(F)(F)F)c1. The molecule has 0 spiro atoms. The fraction of sp³-hybridized carbons (Fsp3) is 0.462. The number of hydrogen-bond donors (Lipinski definition) is 1. The van der Waals surface area contributed by atoms with Gasteiger partial charge in [-0.05, 0) is 38.5 Å². The molecule has 118 valence electrons. The van der Waals surface area contributed by atoms with Crippen LogP contribution in [-0.2, 0) is 22.6 Å². The zero-order valence-electron chi connectivity index (χ0n) is 11.7. The van der Waals surface area contributed by atoms with E-state index in [4.69, 9.17) is 0 Å². The molecule has 0 radical (unpaired) electrons. The fourth-order valence-corrected chi connectivity index (χ4v) is 1.83. The second-order valence-corrected chi connectivity index (χ2v) is 6.17. The Bertz CT molecular complexity index is 512. The van der Waals surface area contributed by atoms with Crippen molar-refractivity contribution >= 4 is 22.0 Å². The van der Waals surface area contributed by atoms with Crippen LogP contribution in [0, 0.1) is 0 Å². The molecule has 0 aromatic heterocycles. The zero-order chi connectivity index (χ0) is 16.3. The van der Waals surface area contributed by atoms with Crippen molar-refractivity contribution in [1.82, 2.24) is 5.32 Å². The highest BCUT2D eigenvalue weighted by molar-refractivity contribution is 9.10. The first-order valence-corrected chi connectivity index (χ1v) is 6.75. The summed E-state index contributed by atoms with van der Waals surface area (Å²) < 4.78 is 38.0. The smallest absolute Gasteiger partial charge is 0.315 e. The minimum absolute atomic E-state index is 0.0647. The van der Waals surface area contributed by atoms with E-state index in [1.165, 1.54) is 12.1 Å². The predicted molar refractivity (Wildman–Crippen MR) is 73.3 cm³/mol. The van der Waals surface area contributed by atoms with Crippen molar-refractivity contribution < 1.29 is 27.7 Å². The maximum atomic E-state index is 12.7. The summed E-state index contributed by atoms with van der Waals surface area (Å²) in [4.78, 5) is 20.4. The summed E-state index contributed by atoms with van der Waals surface area (Å²) in [5, 5.41) is 2.48. The first kappa shape index (κ1) is 17.8. The molecule has 1 aromatic carbocycles. The van der Waals surface area contributed by atoms with E-state index in [2.05, 4.69) is 31.0 Å².